The highest BCUT2D eigenvalue weighted by Crippen LogP contribution is 2.21. The van der Waals surface area contributed by atoms with Gasteiger partial charge in [0.15, 0.2) is 0 Å². The molecule has 1 fully saturated rings. The van der Waals surface area contributed by atoms with E-state index in [1.54, 1.807) is 0 Å². The smallest absolute Gasteiger partial charge is 0.225 e. The van der Waals surface area contributed by atoms with Crippen LogP contribution < -0.4 is 5.32 Å². The Kier molecular flexibility index (Phi) is 11.2. The van der Waals surface area contributed by atoms with Gasteiger partial charge in [0.25, 0.3) is 0 Å². The van der Waals surface area contributed by atoms with Crippen LogP contribution in [0.5, 0.6) is 0 Å². The first-order chi connectivity index (χ1) is 9.22. The molecule has 1 saturated heterocycles. The highest BCUT2D eigenvalue weighted by atomic mass is 35.5. The molecule has 1 N–H and O–H groups in total. The molecule has 1 rings (SSSR count). The Hall–Kier alpha value is -0.280. The zero-order valence-corrected chi connectivity index (χ0v) is 14.3. The van der Waals surface area contributed by atoms with Crippen LogP contribution in [0.1, 0.15) is 59.3 Å². The molecule has 1 aliphatic rings. The Bertz CT molecular complexity index is 253. The lowest BCUT2D eigenvalue weighted by molar-refractivity contribution is -0.137. The van der Waals surface area contributed by atoms with Crippen LogP contribution in [0.3, 0.4) is 0 Å². The standard InChI is InChI=1S/C16H32N2O.ClH/c1-4-7-8-15(5-2)16(19)18-11-9-14(10-12-18)13-17-6-3;/h14-15,17H,4-13H2,1-3H3;1H. The fourth-order valence-corrected chi connectivity index (χ4v) is 2.92. The second-order valence-corrected chi connectivity index (χ2v) is 5.82. The highest BCUT2D eigenvalue weighted by molar-refractivity contribution is 5.85. The van der Waals surface area contributed by atoms with Crippen molar-refractivity contribution >= 4 is 18.3 Å². The summed E-state index contributed by atoms with van der Waals surface area (Å²) >= 11 is 0. The average Bonchev–Trinajstić information content (AvgIpc) is 2.46. The van der Waals surface area contributed by atoms with E-state index >= 15 is 0 Å². The third-order valence-electron chi connectivity index (χ3n) is 4.36. The molecule has 4 heteroatoms. The van der Waals surface area contributed by atoms with Crippen molar-refractivity contribution in [3.63, 3.8) is 0 Å². The first-order valence-electron chi connectivity index (χ1n) is 8.22. The Morgan fingerprint density at radius 3 is 2.40 bits per heavy atom. The van der Waals surface area contributed by atoms with Crippen molar-refractivity contribution in [2.75, 3.05) is 26.2 Å². The van der Waals surface area contributed by atoms with Crippen molar-refractivity contribution in [2.45, 2.75) is 59.3 Å². The van der Waals surface area contributed by atoms with Crippen molar-refractivity contribution in [1.82, 2.24) is 10.2 Å². The summed E-state index contributed by atoms with van der Waals surface area (Å²) in [6.07, 6.45) is 6.78. The summed E-state index contributed by atoms with van der Waals surface area (Å²) in [5.74, 6) is 1.45. The van der Waals surface area contributed by atoms with E-state index in [0.717, 1.165) is 44.9 Å². The van der Waals surface area contributed by atoms with Gasteiger partial charge < -0.3 is 10.2 Å². The lowest BCUT2D eigenvalue weighted by atomic mass is 9.93. The zero-order valence-electron chi connectivity index (χ0n) is 13.5. The molecule has 0 aromatic heterocycles. The molecule has 1 aliphatic heterocycles. The van der Waals surface area contributed by atoms with E-state index in [0.29, 0.717) is 5.91 Å². The quantitative estimate of drug-likeness (QED) is 0.744. The summed E-state index contributed by atoms with van der Waals surface area (Å²) in [4.78, 5) is 14.6. The van der Waals surface area contributed by atoms with Gasteiger partial charge in [0, 0.05) is 19.0 Å². The third-order valence-corrected chi connectivity index (χ3v) is 4.36. The van der Waals surface area contributed by atoms with Crippen LogP contribution in [0.2, 0.25) is 0 Å². The lowest BCUT2D eigenvalue weighted by Crippen LogP contribution is -2.43. The number of unbranched alkanes of at least 4 members (excludes halogenated alkanes) is 1. The molecule has 1 atom stereocenters. The van der Waals surface area contributed by atoms with Gasteiger partial charge in [-0.05, 0) is 44.7 Å². The van der Waals surface area contributed by atoms with E-state index < -0.39 is 0 Å². The van der Waals surface area contributed by atoms with E-state index in [1.807, 2.05) is 0 Å². The van der Waals surface area contributed by atoms with Gasteiger partial charge in [-0.2, -0.15) is 0 Å². The number of hydrogen-bond donors (Lipinski definition) is 1. The van der Waals surface area contributed by atoms with Crippen molar-refractivity contribution in [1.29, 1.82) is 0 Å². The summed E-state index contributed by atoms with van der Waals surface area (Å²) in [6.45, 7) is 10.6. The second-order valence-electron chi connectivity index (χ2n) is 5.82. The highest BCUT2D eigenvalue weighted by Gasteiger charge is 2.26. The Labute approximate surface area is 131 Å². The third kappa shape index (κ3) is 6.45. The Morgan fingerprint density at radius 1 is 1.25 bits per heavy atom. The zero-order chi connectivity index (χ0) is 14.1. The van der Waals surface area contributed by atoms with E-state index in [2.05, 4.69) is 31.0 Å². The van der Waals surface area contributed by atoms with Crippen molar-refractivity contribution in [3.05, 3.63) is 0 Å². The summed E-state index contributed by atoms with van der Waals surface area (Å²) in [6, 6.07) is 0. The number of hydrogen-bond acceptors (Lipinski definition) is 2. The van der Waals surface area contributed by atoms with Gasteiger partial charge in [-0.25, -0.2) is 0 Å². The normalized spacial score (nSPS) is 17.6. The monoisotopic (exact) mass is 304 g/mol. The predicted octanol–water partition coefficient (Wildman–Crippen LogP) is 3.47. The Morgan fingerprint density at radius 2 is 1.90 bits per heavy atom. The number of carbonyl (C=O) groups is 1. The van der Waals surface area contributed by atoms with Crippen molar-refractivity contribution in [2.24, 2.45) is 11.8 Å². The molecule has 0 aromatic rings. The van der Waals surface area contributed by atoms with Crippen LogP contribution >= 0.6 is 12.4 Å². The minimum Gasteiger partial charge on any atom is -0.342 e. The van der Waals surface area contributed by atoms with Gasteiger partial charge in [0.2, 0.25) is 5.91 Å². The van der Waals surface area contributed by atoms with Crippen molar-refractivity contribution in [3.8, 4) is 0 Å². The molecule has 20 heavy (non-hydrogen) atoms. The molecule has 3 nitrogen and oxygen atoms in total. The SMILES string of the molecule is CCCCC(CC)C(=O)N1CCC(CNCC)CC1.Cl. The lowest BCUT2D eigenvalue weighted by Gasteiger charge is -2.34. The molecular formula is C16H33ClN2O. The largest absolute Gasteiger partial charge is 0.342 e. The van der Waals surface area contributed by atoms with E-state index in [4.69, 9.17) is 0 Å². The minimum absolute atomic E-state index is 0. The summed E-state index contributed by atoms with van der Waals surface area (Å²) < 4.78 is 0. The first kappa shape index (κ1) is 19.7. The van der Waals surface area contributed by atoms with Crippen LogP contribution in [-0.4, -0.2) is 37.0 Å². The summed E-state index contributed by atoms with van der Waals surface area (Å²) in [7, 11) is 0. The van der Waals surface area contributed by atoms with E-state index in [1.165, 1.54) is 25.7 Å². The number of carbonyl (C=O) groups excluding carboxylic acids is 1. The molecule has 0 aliphatic carbocycles. The molecule has 1 amide bonds. The molecule has 0 aromatic carbocycles. The number of nitrogens with one attached hydrogen (secondary N) is 1. The van der Waals surface area contributed by atoms with Gasteiger partial charge in [-0.1, -0.05) is 33.6 Å². The van der Waals surface area contributed by atoms with Crippen LogP contribution in [-0.2, 0) is 4.79 Å². The van der Waals surface area contributed by atoms with Gasteiger partial charge >= 0.3 is 0 Å². The maximum Gasteiger partial charge on any atom is 0.225 e. The van der Waals surface area contributed by atoms with Crippen LogP contribution in [0, 0.1) is 11.8 Å². The molecule has 1 unspecified atom stereocenters. The fraction of sp³-hybridized carbons (Fsp3) is 0.938. The molecule has 0 bridgehead atoms. The van der Waals surface area contributed by atoms with Crippen LogP contribution in [0.25, 0.3) is 0 Å². The average molecular weight is 305 g/mol. The number of likely N-dealkylation sites (tertiary alicyclic amines) is 1. The first-order valence-corrected chi connectivity index (χ1v) is 8.22. The maximum atomic E-state index is 12.5. The van der Waals surface area contributed by atoms with Gasteiger partial charge in [0.1, 0.15) is 0 Å². The number of amides is 1. The minimum atomic E-state index is 0. The molecule has 0 spiro atoms. The molecule has 0 radical (unpaired) electrons. The topological polar surface area (TPSA) is 32.3 Å². The Balaban J connectivity index is 0.00000361. The van der Waals surface area contributed by atoms with Crippen molar-refractivity contribution < 1.29 is 4.79 Å². The summed E-state index contributed by atoms with van der Waals surface area (Å²) in [5.41, 5.74) is 0. The number of piperidine rings is 1. The number of rotatable bonds is 8. The number of nitrogens with zero attached hydrogens (tertiary/aromatic N) is 1. The van der Waals surface area contributed by atoms with Gasteiger partial charge in [0.05, 0.1) is 0 Å². The van der Waals surface area contributed by atoms with E-state index in [9.17, 15) is 4.79 Å². The molecule has 1 heterocycles. The van der Waals surface area contributed by atoms with Gasteiger partial charge in [-0.3, -0.25) is 4.79 Å². The van der Waals surface area contributed by atoms with Gasteiger partial charge in [-0.15, -0.1) is 12.4 Å². The summed E-state index contributed by atoms with van der Waals surface area (Å²) in [5, 5.41) is 3.42. The molecular weight excluding hydrogens is 272 g/mol. The predicted molar refractivity (Wildman–Crippen MR) is 88.4 cm³/mol. The molecule has 0 saturated carbocycles. The van der Waals surface area contributed by atoms with E-state index in [-0.39, 0.29) is 18.3 Å². The fourth-order valence-electron chi connectivity index (χ4n) is 2.92. The maximum absolute atomic E-state index is 12.5. The van der Waals surface area contributed by atoms with Crippen LogP contribution in [0.4, 0.5) is 0 Å². The van der Waals surface area contributed by atoms with Crippen LogP contribution in [0.15, 0.2) is 0 Å². The number of halogens is 1. The second kappa shape index (κ2) is 11.4. The molecule has 120 valence electrons.